The van der Waals surface area contributed by atoms with Crippen LogP contribution in [0.25, 0.3) is 21.9 Å². The van der Waals surface area contributed by atoms with E-state index in [0.29, 0.717) is 38.4 Å². The number of para-hydroxylation sites is 1. The van der Waals surface area contributed by atoms with Crippen LogP contribution in [0.5, 0.6) is 5.75 Å². The molecule has 140 valence electrons. The second-order valence-corrected chi connectivity index (χ2v) is 6.78. The molecule has 0 spiro atoms. The maximum atomic E-state index is 12.6. The Morgan fingerprint density at radius 1 is 1.00 bits per heavy atom. The standard InChI is InChI=1S/C22H16ClNO4/c1-13(27-16-9-6-14(23)7-10-16)22(26)24-15-8-11-18-20(12-15)28-19-5-3-2-4-17(19)21(18)25/h2-13H,1H3,(H,24,26). The van der Waals surface area contributed by atoms with Crippen molar-refractivity contribution in [3.8, 4) is 5.75 Å². The Hall–Kier alpha value is -3.31. The van der Waals surface area contributed by atoms with Gasteiger partial charge in [-0.3, -0.25) is 9.59 Å². The Kier molecular flexibility index (Phi) is 4.75. The molecule has 1 aromatic heterocycles. The summed E-state index contributed by atoms with van der Waals surface area (Å²) < 4.78 is 11.4. The fourth-order valence-corrected chi connectivity index (χ4v) is 3.02. The van der Waals surface area contributed by atoms with Gasteiger partial charge in [-0.25, -0.2) is 0 Å². The minimum atomic E-state index is -0.722. The number of benzene rings is 3. The van der Waals surface area contributed by atoms with Crippen LogP contribution < -0.4 is 15.5 Å². The lowest BCUT2D eigenvalue weighted by Gasteiger charge is -2.15. The summed E-state index contributed by atoms with van der Waals surface area (Å²) in [5.41, 5.74) is 1.33. The van der Waals surface area contributed by atoms with E-state index >= 15 is 0 Å². The highest BCUT2D eigenvalue weighted by atomic mass is 35.5. The lowest BCUT2D eigenvalue weighted by atomic mass is 10.1. The molecule has 6 heteroatoms. The zero-order chi connectivity index (χ0) is 19.7. The first-order chi connectivity index (χ1) is 13.5. The molecule has 0 saturated heterocycles. The molecular weight excluding hydrogens is 378 g/mol. The van der Waals surface area contributed by atoms with Gasteiger partial charge in [-0.2, -0.15) is 0 Å². The van der Waals surface area contributed by atoms with Crippen molar-refractivity contribution < 1.29 is 13.9 Å². The van der Waals surface area contributed by atoms with E-state index in [1.165, 1.54) is 0 Å². The zero-order valence-electron chi connectivity index (χ0n) is 14.9. The first-order valence-corrected chi connectivity index (χ1v) is 9.08. The highest BCUT2D eigenvalue weighted by Crippen LogP contribution is 2.22. The predicted octanol–water partition coefficient (Wildman–Crippen LogP) is 5.01. The number of nitrogens with one attached hydrogen (secondary N) is 1. The van der Waals surface area contributed by atoms with Crippen molar-refractivity contribution in [3.05, 3.63) is 82.0 Å². The van der Waals surface area contributed by atoms with E-state index in [-0.39, 0.29) is 11.3 Å². The third-order valence-electron chi connectivity index (χ3n) is 4.34. The first kappa shape index (κ1) is 18.1. The van der Waals surface area contributed by atoms with E-state index in [0.717, 1.165) is 0 Å². The molecule has 1 heterocycles. The molecule has 0 bridgehead atoms. The molecular formula is C22H16ClNO4. The van der Waals surface area contributed by atoms with Crippen LogP contribution in [0.2, 0.25) is 5.02 Å². The van der Waals surface area contributed by atoms with Crippen LogP contribution in [0.3, 0.4) is 0 Å². The van der Waals surface area contributed by atoms with Gasteiger partial charge in [0.1, 0.15) is 16.9 Å². The normalized spacial score (nSPS) is 12.1. The summed E-state index contributed by atoms with van der Waals surface area (Å²) in [6, 6.07) is 18.8. The molecule has 28 heavy (non-hydrogen) atoms. The van der Waals surface area contributed by atoms with Gasteiger partial charge in [-0.05, 0) is 55.5 Å². The molecule has 1 atom stereocenters. The van der Waals surface area contributed by atoms with Crippen molar-refractivity contribution in [1.82, 2.24) is 0 Å². The van der Waals surface area contributed by atoms with Gasteiger partial charge in [0.25, 0.3) is 5.91 Å². The molecule has 0 aliphatic carbocycles. The van der Waals surface area contributed by atoms with Gasteiger partial charge in [0, 0.05) is 16.8 Å². The van der Waals surface area contributed by atoms with Crippen molar-refractivity contribution in [2.75, 3.05) is 5.32 Å². The minimum Gasteiger partial charge on any atom is -0.481 e. The monoisotopic (exact) mass is 393 g/mol. The number of carbonyl (C=O) groups excluding carboxylic acids is 1. The number of carbonyl (C=O) groups is 1. The summed E-state index contributed by atoms with van der Waals surface area (Å²) in [5.74, 6) is 0.223. The van der Waals surface area contributed by atoms with Crippen LogP contribution in [-0.2, 0) is 4.79 Å². The van der Waals surface area contributed by atoms with Gasteiger partial charge < -0.3 is 14.5 Å². The minimum absolute atomic E-state index is 0.103. The van der Waals surface area contributed by atoms with Crippen molar-refractivity contribution in [2.24, 2.45) is 0 Å². The fraction of sp³-hybridized carbons (Fsp3) is 0.0909. The predicted molar refractivity (Wildman–Crippen MR) is 110 cm³/mol. The summed E-state index contributed by atoms with van der Waals surface area (Å²) in [6.45, 7) is 1.65. The third-order valence-corrected chi connectivity index (χ3v) is 4.59. The first-order valence-electron chi connectivity index (χ1n) is 8.70. The summed E-state index contributed by atoms with van der Waals surface area (Å²) in [4.78, 5) is 25.0. The maximum Gasteiger partial charge on any atom is 0.265 e. The van der Waals surface area contributed by atoms with E-state index in [4.69, 9.17) is 20.8 Å². The Morgan fingerprint density at radius 2 is 1.71 bits per heavy atom. The summed E-state index contributed by atoms with van der Waals surface area (Å²) in [5, 5.41) is 4.36. The van der Waals surface area contributed by atoms with Crippen molar-refractivity contribution >= 4 is 45.1 Å². The average Bonchev–Trinajstić information content (AvgIpc) is 2.69. The van der Waals surface area contributed by atoms with E-state index in [1.807, 2.05) is 0 Å². The van der Waals surface area contributed by atoms with Crippen LogP contribution in [0.1, 0.15) is 6.92 Å². The van der Waals surface area contributed by atoms with Crippen LogP contribution >= 0.6 is 11.6 Å². The number of ether oxygens (including phenoxy) is 1. The summed E-state index contributed by atoms with van der Waals surface area (Å²) in [7, 11) is 0. The van der Waals surface area contributed by atoms with Gasteiger partial charge in [-0.15, -0.1) is 0 Å². The van der Waals surface area contributed by atoms with Crippen LogP contribution in [-0.4, -0.2) is 12.0 Å². The zero-order valence-corrected chi connectivity index (χ0v) is 15.7. The fourth-order valence-electron chi connectivity index (χ4n) is 2.89. The van der Waals surface area contributed by atoms with Crippen LogP contribution in [0, 0.1) is 0 Å². The molecule has 0 radical (unpaired) electrons. The van der Waals surface area contributed by atoms with Gasteiger partial charge in [0.15, 0.2) is 6.10 Å². The summed E-state index contributed by atoms with van der Waals surface area (Å²) >= 11 is 5.85. The van der Waals surface area contributed by atoms with Crippen molar-refractivity contribution in [3.63, 3.8) is 0 Å². The highest BCUT2D eigenvalue weighted by Gasteiger charge is 2.16. The second kappa shape index (κ2) is 7.37. The molecule has 3 aromatic carbocycles. The molecule has 0 aliphatic rings. The molecule has 4 rings (SSSR count). The number of amides is 1. The van der Waals surface area contributed by atoms with E-state index in [9.17, 15) is 9.59 Å². The van der Waals surface area contributed by atoms with E-state index < -0.39 is 6.10 Å². The summed E-state index contributed by atoms with van der Waals surface area (Å²) in [6.07, 6.45) is -0.722. The highest BCUT2D eigenvalue weighted by molar-refractivity contribution is 6.30. The number of rotatable bonds is 4. The van der Waals surface area contributed by atoms with Crippen LogP contribution in [0.4, 0.5) is 5.69 Å². The van der Waals surface area contributed by atoms with Gasteiger partial charge in [0.05, 0.1) is 10.8 Å². The topological polar surface area (TPSA) is 68.5 Å². The molecule has 5 nitrogen and oxygen atoms in total. The smallest absolute Gasteiger partial charge is 0.265 e. The number of fused-ring (bicyclic) bond motifs is 2. The quantitative estimate of drug-likeness (QED) is 0.495. The Bertz CT molecular complexity index is 1230. The largest absolute Gasteiger partial charge is 0.481 e. The van der Waals surface area contributed by atoms with Gasteiger partial charge in [-0.1, -0.05) is 23.7 Å². The SMILES string of the molecule is CC(Oc1ccc(Cl)cc1)C(=O)Nc1ccc2c(=O)c3ccccc3oc2c1. The van der Waals surface area contributed by atoms with Crippen molar-refractivity contribution in [2.45, 2.75) is 13.0 Å². The molecule has 0 aliphatic heterocycles. The third kappa shape index (κ3) is 3.57. The molecule has 4 aromatic rings. The molecule has 1 N–H and O–H groups in total. The van der Waals surface area contributed by atoms with Crippen LogP contribution in [0.15, 0.2) is 75.9 Å². The number of halogens is 1. The van der Waals surface area contributed by atoms with Gasteiger partial charge in [0.2, 0.25) is 5.43 Å². The van der Waals surface area contributed by atoms with Crippen molar-refractivity contribution in [1.29, 1.82) is 0 Å². The molecule has 1 unspecified atom stereocenters. The lowest BCUT2D eigenvalue weighted by Crippen LogP contribution is -2.30. The molecule has 1 amide bonds. The Balaban J connectivity index is 1.57. The van der Waals surface area contributed by atoms with E-state index in [2.05, 4.69) is 5.32 Å². The lowest BCUT2D eigenvalue weighted by molar-refractivity contribution is -0.122. The number of anilines is 1. The number of hydrogen-bond donors (Lipinski definition) is 1. The second-order valence-electron chi connectivity index (χ2n) is 6.34. The molecule has 0 fully saturated rings. The average molecular weight is 394 g/mol. The Morgan fingerprint density at radius 3 is 2.50 bits per heavy atom. The molecule has 0 saturated carbocycles. The van der Waals surface area contributed by atoms with E-state index in [1.54, 1.807) is 73.7 Å². The number of hydrogen-bond acceptors (Lipinski definition) is 4. The Labute approximate surface area is 165 Å². The van der Waals surface area contributed by atoms with Gasteiger partial charge >= 0.3 is 0 Å². The maximum absolute atomic E-state index is 12.6.